The summed E-state index contributed by atoms with van der Waals surface area (Å²) in [6, 6.07) is 10.6. The van der Waals surface area contributed by atoms with Gasteiger partial charge in [-0.3, -0.25) is 0 Å². The molecule has 1 heteroatoms. The summed E-state index contributed by atoms with van der Waals surface area (Å²) in [6.07, 6.45) is 2.26. The van der Waals surface area contributed by atoms with Gasteiger partial charge in [0.2, 0.25) is 0 Å². The van der Waals surface area contributed by atoms with E-state index in [1.165, 1.54) is 5.56 Å². The Bertz CT molecular complexity index is 239. The molecule has 0 radical (unpaired) electrons. The second-order valence-electron chi connectivity index (χ2n) is 4.14. The number of nitrogens with two attached hydrogens (primary N) is 1. The molecule has 1 rings (SSSR count). The fourth-order valence-corrected chi connectivity index (χ4v) is 1.58. The van der Waals surface area contributed by atoms with Gasteiger partial charge in [-0.1, -0.05) is 44.2 Å². The molecule has 1 aromatic carbocycles. The van der Waals surface area contributed by atoms with Crippen molar-refractivity contribution >= 4 is 0 Å². The molecule has 0 aliphatic heterocycles. The van der Waals surface area contributed by atoms with Crippen LogP contribution in [0.15, 0.2) is 30.3 Å². The van der Waals surface area contributed by atoms with Crippen LogP contribution in [0, 0.1) is 0 Å². The van der Waals surface area contributed by atoms with E-state index in [4.69, 9.17) is 5.73 Å². The molecule has 1 aromatic rings. The summed E-state index contributed by atoms with van der Waals surface area (Å²) in [7, 11) is 0. The minimum atomic E-state index is 0.265. The van der Waals surface area contributed by atoms with Gasteiger partial charge in [0.15, 0.2) is 0 Å². The fraction of sp³-hybridized carbons (Fsp3) is 0.500. The van der Waals surface area contributed by atoms with Crippen molar-refractivity contribution in [3.05, 3.63) is 35.9 Å². The van der Waals surface area contributed by atoms with Gasteiger partial charge in [-0.2, -0.15) is 0 Å². The van der Waals surface area contributed by atoms with Gasteiger partial charge in [0.1, 0.15) is 0 Å². The van der Waals surface area contributed by atoms with E-state index >= 15 is 0 Å². The van der Waals surface area contributed by atoms with Crippen molar-refractivity contribution in [1.29, 1.82) is 0 Å². The average molecular weight is 177 g/mol. The third-order valence-electron chi connectivity index (χ3n) is 2.56. The molecule has 72 valence electrons. The fourth-order valence-electron chi connectivity index (χ4n) is 1.58. The first-order chi connectivity index (χ1) is 6.17. The second kappa shape index (κ2) is 4.43. The van der Waals surface area contributed by atoms with E-state index in [1.807, 2.05) is 0 Å². The Morgan fingerprint density at radius 1 is 1.15 bits per heavy atom. The second-order valence-corrected chi connectivity index (χ2v) is 4.14. The van der Waals surface area contributed by atoms with Crippen molar-refractivity contribution in [2.75, 3.05) is 6.54 Å². The van der Waals surface area contributed by atoms with Crippen molar-refractivity contribution < 1.29 is 0 Å². The van der Waals surface area contributed by atoms with Crippen LogP contribution >= 0.6 is 0 Å². The van der Waals surface area contributed by atoms with Gasteiger partial charge in [0.25, 0.3) is 0 Å². The predicted molar refractivity (Wildman–Crippen MR) is 57.8 cm³/mol. The van der Waals surface area contributed by atoms with Crippen molar-refractivity contribution in [2.45, 2.75) is 32.1 Å². The quantitative estimate of drug-likeness (QED) is 0.752. The number of rotatable bonds is 4. The van der Waals surface area contributed by atoms with Crippen molar-refractivity contribution in [3.8, 4) is 0 Å². The van der Waals surface area contributed by atoms with E-state index in [0.717, 1.165) is 19.4 Å². The molecule has 0 fully saturated rings. The highest BCUT2D eigenvalue weighted by atomic mass is 14.5. The maximum atomic E-state index is 5.51. The summed E-state index contributed by atoms with van der Waals surface area (Å²) in [4.78, 5) is 0. The Balaban J connectivity index is 2.69. The van der Waals surface area contributed by atoms with Crippen molar-refractivity contribution in [2.24, 2.45) is 5.73 Å². The molecule has 0 saturated heterocycles. The van der Waals surface area contributed by atoms with E-state index in [0.29, 0.717) is 0 Å². The highest BCUT2D eigenvalue weighted by Crippen LogP contribution is 2.27. The molecule has 0 heterocycles. The normalized spacial score (nSPS) is 11.6. The smallest absolute Gasteiger partial charge is 0.00770 e. The maximum Gasteiger partial charge on any atom is -0.00770 e. The van der Waals surface area contributed by atoms with E-state index in [2.05, 4.69) is 44.2 Å². The van der Waals surface area contributed by atoms with E-state index < -0.39 is 0 Å². The van der Waals surface area contributed by atoms with Crippen LogP contribution in [0.5, 0.6) is 0 Å². The molecule has 0 bridgehead atoms. The maximum absolute atomic E-state index is 5.51. The lowest BCUT2D eigenvalue weighted by Crippen LogP contribution is -2.18. The highest BCUT2D eigenvalue weighted by Gasteiger charge is 2.18. The zero-order chi connectivity index (χ0) is 9.73. The molecule has 0 aliphatic rings. The Hall–Kier alpha value is -0.820. The summed E-state index contributed by atoms with van der Waals surface area (Å²) >= 11 is 0. The first-order valence-corrected chi connectivity index (χ1v) is 4.92. The summed E-state index contributed by atoms with van der Waals surface area (Å²) in [5.74, 6) is 0. The molecule has 0 aliphatic carbocycles. The molecule has 0 atom stereocenters. The molecule has 0 unspecified atom stereocenters. The van der Waals surface area contributed by atoms with Crippen LogP contribution in [0.25, 0.3) is 0 Å². The first kappa shape index (κ1) is 10.3. The third kappa shape index (κ3) is 2.85. The molecular weight excluding hydrogens is 158 g/mol. The first-order valence-electron chi connectivity index (χ1n) is 4.92. The van der Waals surface area contributed by atoms with Crippen molar-refractivity contribution in [3.63, 3.8) is 0 Å². The molecule has 0 amide bonds. The Kier molecular flexibility index (Phi) is 3.49. The molecule has 1 nitrogen and oxygen atoms in total. The van der Waals surface area contributed by atoms with Gasteiger partial charge < -0.3 is 5.73 Å². The molecule has 0 aromatic heterocycles. The number of benzene rings is 1. The van der Waals surface area contributed by atoms with Crippen LogP contribution in [-0.2, 0) is 5.41 Å². The standard InChI is InChI=1S/C12H19N/c1-12(2,9-6-10-13)11-7-4-3-5-8-11/h3-5,7-8H,6,9-10,13H2,1-2H3. The Morgan fingerprint density at radius 2 is 1.77 bits per heavy atom. The summed E-state index contributed by atoms with van der Waals surface area (Å²) in [5.41, 5.74) is 7.18. The Labute approximate surface area is 81.0 Å². The number of hydrogen-bond donors (Lipinski definition) is 1. The molecular formula is C12H19N. The Morgan fingerprint density at radius 3 is 2.31 bits per heavy atom. The molecule has 2 N–H and O–H groups in total. The van der Waals surface area contributed by atoms with Gasteiger partial charge in [0, 0.05) is 0 Å². The highest BCUT2D eigenvalue weighted by molar-refractivity contribution is 5.23. The summed E-state index contributed by atoms with van der Waals surface area (Å²) in [6.45, 7) is 5.34. The van der Waals surface area contributed by atoms with Gasteiger partial charge in [-0.15, -0.1) is 0 Å². The monoisotopic (exact) mass is 177 g/mol. The zero-order valence-corrected chi connectivity index (χ0v) is 8.59. The number of hydrogen-bond acceptors (Lipinski definition) is 1. The van der Waals surface area contributed by atoms with E-state index in [1.54, 1.807) is 0 Å². The third-order valence-corrected chi connectivity index (χ3v) is 2.56. The van der Waals surface area contributed by atoms with Crippen LogP contribution in [0.4, 0.5) is 0 Å². The van der Waals surface area contributed by atoms with Crippen LogP contribution in [0.1, 0.15) is 32.3 Å². The topological polar surface area (TPSA) is 26.0 Å². The van der Waals surface area contributed by atoms with Crippen LogP contribution in [0.3, 0.4) is 0 Å². The van der Waals surface area contributed by atoms with Crippen molar-refractivity contribution in [1.82, 2.24) is 0 Å². The van der Waals surface area contributed by atoms with Gasteiger partial charge in [-0.05, 0) is 30.4 Å². The summed E-state index contributed by atoms with van der Waals surface area (Å²) in [5, 5.41) is 0. The minimum absolute atomic E-state index is 0.265. The van der Waals surface area contributed by atoms with Gasteiger partial charge >= 0.3 is 0 Å². The van der Waals surface area contributed by atoms with Crippen LogP contribution in [-0.4, -0.2) is 6.54 Å². The van der Waals surface area contributed by atoms with Crippen LogP contribution in [0.2, 0.25) is 0 Å². The largest absolute Gasteiger partial charge is 0.330 e. The molecule has 0 spiro atoms. The lowest BCUT2D eigenvalue weighted by molar-refractivity contribution is 0.465. The lowest BCUT2D eigenvalue weighted by Gasteiger charge is -2.24. The van der Waals surface area contributed by atoms with Gasteiger partial charge in [-0.25, -0.2) is 0 Å². The zero-order valence-electron chi connectivity index (χ0n) is 8.59. The molecule has 0 saturated carbocycles. The van der Waals surface area contributed by atoms with E-state index in [-0.39, 0.29) is 5.41 Å². The molecule has 13 heavy (non-hydrogen) atoms. The lowest BCUT2D eigenvalue weighted by atomic mass is 9.81. The average Bonchev–Trinajstić information content (AvgIpc) is 2.16. The minimum Gasteiger partial charge on any atom is -0.330 e. The predicted octanol–water partition coefficient (Wildman–Crippen LogP) is 2.70. The summed E-state index contributed by atoms with van der Waals surface area (Å²) < 4.78 is 0. The van der Waals surface area contributed by atoms with Crippen LogP contribution < -0.4 is 5.73 Å². The van der Waals surface area contributed by atoms with Gasteiger partial charge in [0.05, 0.1) is 0 Å². The van der Waals surface area contributed by atoms with E-state index in [9.17, 15) is 0 Å². The SMILES string of the molecule is CC(C)(CCCN)c1ccccc1.